The van der Waals surface area contributed by atoms with Crippen LogP contribution in [0.2, 0.25) is 0 Å². The summed E-state index contributed by atoms with van der Waals surface area (Å²) in [5.74, 6) is 0. The monoisotopic (exact) mass is 336 g/mol. The van der Waals surface area contributed by atoms with Crippen LogP contribution in [0, 0.1) is 40.5 Å². The van der Waals surface area contributed by atoms with Crippen LogP contribution in [0.15, 0.2) is 48.5 Å². The van der Waals surface area contributed by atoms with Gasteiger partial charge in [-0.3, -0.25) is 40.5 Å². The number of nitro benzene ring substituents is 4. The number of nitro groups is 4. The molecule has 124 valence electrons. The molecule has 0 spiro atoms. The first-order valence-electron chi connectivity index (χ1n) is 6.00. The number of para-hydroxylation sites is 2. The molecule has 12 nitrogen and oxygen atoms in total. The van der Waals surface area contributed by atoms with Crippen molar-refractivity contribution in [1.29, 1.82) is 0 Å². The standard InChI is InChI=1S/2C6H4N2O4/c9-7(10)5-2-1-3-6(4-5)8(11)12;9-7(10)5-3-1-2-4-6(5)8(11)12/h2*1-4H. The second kappa shape index (κ2) is 7.88. The van der Waals surface area contributed by atoms with Gasteiger partial charge in [-0.05, 0) is 6.07 Å². The molecule has 0 radical (unpaired) electrons. The van der Waals surface area contributed by atoms with Crippen molar-refractivity contribution >= 4 is 22.7 Å². The minimum absolute atomic E-state index is 0.274. The zero-order valence-electron chi connectivity index (χ0n) is 11.7. The number of rotatable bonds is 4. The van der Waals surface area contributed by atoms with Crippen LogP contribution < -0.4 is 0 Å². The molecule has 0 N–H and O–H groups in total. The summed E-state index contributed by atoms with van der Waals surface area (Å²) in [6.07, 6.45) is 0. The third-order valence-corrected chi connectivity index (χ3v) is 2.53. The number of nitrogens with zero attached hydrogens (tertiary/aromatic N) is 4. The van der Waals surface area contributed by atoms with Crippen LogP contribution in [0.3, 0.4) is 0 Å². The molecule has 0 aliphatic carbocycles. The van der Waals surface area contributed by atoms with Gasteiger partial charge in [0.25, 0.3) is 11.4 Å². The van der Waals surface area contributed by atoms with Gasteiger partial charge < -0.3 is 0 Å². The Morgan fingerprint density at radius 2 is 0.917 bits per heavy atom. The highest BCUT2D eigenvalue weighted by Crippen LogP contribution is 2.24. The molecule has 0 saturated carbocycles. The van der Waals surface area contributed by atoms with Crippen LogP contribution in [-0.4, -0.2) is 19.7 Å². The number of hydrogen-bond acceptors (Lipinski definition) is 8. The summed E-state index contributed by atoms with van der Waals surface area (Å²) < 4.78 is 0. The van der Waals surface area contributed by atoms with Crippen LogP contribution in [-0.2, 0) is 0 Å². The molecule has 24 heavy (non-hydrogen) atoms. The van der Waals surface area contributed by atoms with Crippen LogP contribution in [0.4, 0.5) is 22.7 Å². The Balaban J connectivity index is 0.000000240. The van der Waals surface area contributed by atoms with Gasteiger partial charge in [0.1, 0.15) is 0 Å². The molecule has 2 aromatic rings. The van der Waals surface area contributed by atoms with Crippen molar-refractivity contribution in [2.24, 2.45) is 0 Å². The molecular formula is C12H8N4O8. The summed E-state index contributed by atoms with van der Waals surface area (Å²) in [5, 5.41) is 40.8. The summed E-state index contributed by atoms with van der Waals surface area (Å²) in [6.45, 7) is 0. The maximum absolute atomic E-state index is 10.2. The molecule has 0 bridgehead atoms. The minimum Gasteiger partial charge on any atom is -0.258 e. The molecule has 2 rings (SSSR count). The number of non-ortho nitro benzene ring substituents is 2. The van der Waals surface area contributed by atoms with Gasteiger partial charge in [0, 0.05) is 24.3 Å². The van der Waals surface area contributed by atoms with Gasteiger partial charge in [-0.1, -0.05) is 12.1 Å². The maximum Gasteiger partial charge on any atom is 0.346 e. The zero-order chi connectivity index (χ0) is 18.3. The Kier molecular flexibility index (Phi) is 5.94. The van der Waals surface area contributed by atoms with E-state index in [1.165, 1.54) is 30.3 Å². The highest BCUT2D eigenvalue weighted by Gasteiger charge is 2.21. The Labute approximate surface area is 132 Å². The van der Waals surface area contributed by atoms with Crippen LogP contribution in [0.5, 0.6) is 0 Å². The molecule has 0 aliphatic rings. The van der Waals surface area contributed by atoms with E-state index in [0.717, 1.165) is 18.2 Å². The fourth-order valence-electron chi connectivity index (χ4n) is 1.49. The minimum atomic E-state index is -0.780. The van der Waals surface area contributed by atoms with Gasteiger partial charge in [-0.25, -0.2) is 0 Å². The van der Waals surface area contributed by atoms with E-state index in [4.69, 9.17) is 0 Å². The highest BCUT2D eigenvalue weighted by atomic mass is 16.6. The molecule has 0 aromatic heterocycles. The Morgan fingerprint density at radius 1 is 0.542 bits per heavy atom. The molecule has 0 aliphatic heterocycles. The predicted molar refractivity (Wildman–Crippen MR) is 79.5 cm³/mol. The van der Waals surface area contributed by atoms with Crippen molar-refractivity contribution in [2.75, 3.05) is 0 Å². The molecule has 0 amide bonds. The lowest BCUT2D eigenvalue weighted by Gasteiger charge is -1.91. The maximum atomic E-state index is 10.2. The van der Waals surface area contributed by atoms with Crippen molar-refractivity contribution in [2.45, 2.75) is 0 Å². The van der Waals surface area contributed by atoms with Gasteiger partial charge in [-0.15, -0.1) is 0 Å². The second-order valence-corrected chi connectivity index (χ2v) is 4.04. The molecular weight excluding hydrogens is 328 g/mol. The summed E-state index contributed by atoms with van der Waals surface area (Å²) >= 11 is 0. The summed E-state index contributed by atoms with van der Waals surface area (Å²) in [7, 11) is 0. The molecule has 12 heteroatoms. The van der Waals surface area contributed by atoms with Crippen molar-refractivity contribution in [1.82, 2.24) is 0 Å². The Hall–Kier alpha value is -3.96. The smallest absolute Gasteiger partial charge is 0.258 e. The van der Waals surface area contributed by atoms with E-state index in [9.17, 15) is 40.5 Å². The number of hydrogen-bond donors (Lipinski definition) is 0. The normalized spacial score (nSPS) is 9.33. The van der Waals surface area contributed by atoms with Gasteiger partial charge in [0.05, 0.1) is 25.8 Å². The second-order valence-electron chi connectivity index (χ2n) is 4.04. The quantitative estimate of drug-likeness (QED) is 0.604. The summed E-state index contributed by atoms with van der Waals surface area (Å²) in [6, 6.07) is 9.54. The van der Waals surface area contributed by atoms with Gasteiger partial charge >= 0.3 is 11.4 Å². The van der Waals surface area contributed by atoms with Crippen molar-refractivity contribution in [3.8, 4) is 0 Å². The van der Waals surface area contributed by atoms with E-state index in [1.807, 2.05) is 0 Å². The van der Waals surface area contributed by atoms with E-state index in [2.05, 4.69) is 0 Å². The first-order chi connectivity index (χ1) is 11.2. The van der Waals surface area contributed by atoms with Crippen molar-refractivity contribution in [3.05, 3.63) is 89.0 Å². The van der Waals surface area contributed by atoms with Crippen LogP contribution in [0.25, 0.3) is 0 Å². The van der Waals surface area contributed by atoms with E-state index in [-0.39, 0.29) is 11.4 Å². The lowest BCUT2D eigenvalue weighted by Crippen LogP contribution is -1.95. The van der Waals surface area contributed by atoms with Gasteiger partial charge in [0.15, 0.2) is 0 Å². The molecule has 0 fully saturated rings. The first-order valence-corrected chi connectivity index (χ1v) is 6.00. The lowest BCUT2D eigenvalue weighted by molar-refractivity contribution is -0.422. The molecule has 2 aromatic carbocycles. The molecule has 0 unspecified atom stereocenters. The predicted octanol–water partition coefficient (Wildman–Crippen LogP) is 3.01. The summed E-state index contributed by atoms with van der Waals surface area (Å²) in [4.78, 5) is 37.9. The number of benzene rings is 2. The molecule has 0 atom stereocenters. The Morgan fingerprint density at radius 3 is 1.21 bits per heavy atom. The molecule has 0 heterocycles. The summed E-state index contributed by atoms with van der Waals surface area (Å²) in [5.41, 5.74) is -1.52. The average Bonchev–Trinajstić information content (AvgIpc) is 2.55. The van der Waals surface area contributed by atoms with Crippen molar-refractivity contribution in [3.63, 3.8) is 0 Å². The Bertz CT molecular complexity index is 745. The average molecular weight is 336 g/mol. The first kappa shape index (κ1) is 18.1. The third kappa shape index (κ3) is 4.80. The fraction of sp³-hybridized carbons (Fsp3) is 0. The van der Waals surface area contributed by atoms with E-state index < -0.39 is 31.1 Å². The van der Waals surface area contributed by atoms with Crippen LogP contribution in [0.1, 0.15) is 0 Å². The third-order valence-electron chi connectivity index (χ3n) is 2.53. The van der Waals surface area contributed by atoms with E-state index >= 15 is 0 Å². The van der Waals surface area contributed by atoms with Gasteiger partial charge in [-0.2, -0.15) is 0 Å². The van der Waals surface area contributed by atoms with E-state index in [1.54, 1.807) is 0 Å². The van der Waals surface area contributed by atoms with Crippen molar-refractivity contribution < 1.29 is 19.7 Å². The topological polar surface area (TPSA) is 173 Å². The van der Waals surface area contributed by atoms with E-state index in [0.29, 0.717) is 0 Å². The largest absolute Gasteiger partial charge is 0.346 e. The molecule has 0 saturated heterocycles. The SMILES string of the molecule is O=[N+]([O-])c1cccc([N+](=O)[O-])c1.O=[N+]([O-])c1ccccc1[N+](=O)[O-]. The highest BCUT2D eigenvalue weighted by molar-refractivity contribution is 5.51. The fourth-order valence-corrected chi connectivity index (χ4v) is 1.49. The lowest BCUT2D eigenvalue weighted by atomic mass is 10.3. The van der Waals surface area contributed by atoms with Gasteiger partial charge in [0.2, 0.25) is 0 Å². The zero-order valence-corrected chi connectivity index (χ0v) is 11.7. The van der Waals surface area contributed by atoms with Crippen LogP contribution >= 0.6 is 0 Å².